The van der Waals surface area contributed by atoms with Crippen molar-refractivity contribution in [1.82, 2.24) is 0 Å². The van der Waals surface area contributed by atoms with Crippen LogP contribution in [0.5, 0.6) is 5.75 Å². The summed E-state index contributed by atoms with van der Waals surface area (Å²) >= 11 is 0. The van der Waals surface area contributed by atoms with Crippen LogP contribution in [0, 0.1) is 0 Å². The Bertz CT molecular complexity index is 451. The maximum Gasteiger partial charge on any atom is 0.411 e. The van der Waals surface area contributed by atoms with E-state index in [1.165, 1.54) is 0 Å². The van der Waals surface area contributed by atoms with E-state index in [9.17, 15) is 4.79 Å². The van der Waals surface area contributed by atoms with Crippen molar-refractivity contribution < 1.29 is 19.0 Å². The summed E-state index contributed by atoms with van der Waals surface area (Å²) in [5, 5.41) is 2.66. The molecule has 1 amide bonds. The summed E-state index contributed by atoms with van der Waals surface area (Å²) in [5.41, 5.74) is 0.341. The molecule has 1 saturated heterocycles. The Morgan fingerprint density at radius 3 is 2.60 bits per heavy atom. The van der Waals surface area contributed by atoms with Crippen molar-refractivity contribution in [3.63, 3.8) is 0 Å². The quantitative estimate of drug-likeness (QED) is 0.812. The number of amides is 1. The number of epoxide rings is 1. The number of benzene rings is 1. The summed E-state index contributed by atoms with van der Waals surface area (Å²) in [7, 11) is 0. The van der Waals surface area contributed by atoms with Crippen LogP contribution in [0.25, 0.3) is 0 Å². The van der Waals surface area contributed by atoms with Crippen LogP contribution in [0.2, 0.25) is 0 Å². The molecule has 0 aromatic heterocycles. The van der Waals surface area contributed by atoms with Gasteiger partial charge in [-0.25, -0.2) is 4.79 Å². The summed E-state index contributed by atoms with van der Waals surface area (Å²) in [5.74, 6) is 0.748. The maximum atomic E-state index is 11.4. The van der Waals surface area contributed by atoms with Crippen LogP contribution in [-0.4, -0.2) is 31.0 Å². The molecule has 2 rings (SSSR count). The van der Waals surface area contributed by atoms with E-state index in [1.807, 2.05) is 32.9 Å². The number of ether oxygens (including phenoxy) is 3. The first kappa shape index (κ1) is 14.7. The van der Waals surface area contributed by atoms with Crippen LogP contribution in [0.1, 0.15) is 27.2 Å². The first-order chi connectivity index (χ1) is 9.51. The van der Waals surface area contributed by atoms with Crippen LogP contribution in [0.15, 0.2) is 24.3 Å². The third-order valence-corrected chi connectivity index (χ3v) is 3.03. The molecule has 0 bridgehead atoms. The van der Waals surface area contributed by atoms with E-state index in [0.29, 0.717) is 12.3 Å². The van der Waals surface area contributed by atoms with Gasteiger partial charge in [-0.15, -0.1) is 0 Å². The van der Waals surface area contributed by atoms with Gasteiger partial charge in [-0.2, -0.15) is 0 Å². The van der Waals surface area contributed by atoms with Crippen LogP contribution in [0.4, 0.5) is 10.5 Å². The smallest absolute Gasteiger partial charge is 0.411 e. The van der Waals surface area contributed by atoms with Crippen molar-refractivity contribution in [2.45, 2.75) is 38.9 Å². The molecule has 1 aliphatic heterocycles. The topological polar surface area (TPSA) is 60.1 Å². The zero-order valence-corrected chi connectivity index (χ0v) is 12.1. The molecule has 0 saturated carbocycles. The fourth-order valence-corrected chi connectivity index (χ4v) is 1.77. The largest absolute Gasteiger partial charge is 0.485 e. The van der Waals surface area contributed by atoms with Gasteiger partial charge in [0, 0.05) is 5.69 Å². The second kappa shape index (κ2) is 6.13. The standard InChI is InChI=1S/C15H21NO4/c1-4-9-18-14(17)16-11-5-7-12(8-6-11)20-15(2,3)13-10-19-13/h5-8,13H,4,9-10H2,1-3H3,(H,16,17). The molecule has 20 heavy (non-hydrogen) atoms. The number of rotatable bonds is 6. The Kier molecular flexibility index (Phi) is 4.49. The first-order valence-electron chi connectivity index (χ1n) is 6.85. The average Bonchev–Trinajstić information content (AvgIpc) is 3.23. The van der Waals surface area contributed by atoms with E-state index >= 15 is 0 Å². The Labute approximate surface area is 119 Å². The van der Waals surface area contributed by atoms with Gasteiger partial charge in [-0.3, -0.25) is 5.32 Å². The van der Waals surface area contributed by atoms with Crippen molar-refractivity contribution in [2.24, 2.45) is 0 Å². The molecule has 0 radical (unpaired) electrons. The lowest BCUT2D eigenvalue weighted by atomic mass is 10.1. The molecule has 110 valence electrons. The summed E-state index contributed by atoms with van der Waals surface area (Å²) in [4.78, 5) is 11.4. The van der Waals surface area contributed by atoms with Crippen LogP contribution < -0.4 is 10.1 Å². The zero-order valence-electron chi connectivity index (χ0n) is 12.1. The number of hydrogen-bond acceptors (Lipinski definition) is 4. The average molecular weight is 279 g/mol. The Morgan fingerprint density at radius 2 is 2.05 bits per heavy atom. The lowest BCUT2D eigenvalue weighted by molar-refractivity contribution is 0.0744. The van der Waals surface area contributed by atoms with Crippen molar-refractivity contribution in [2.75, 3.05) is 18.5 Å². The molecular formula is C15H21NO4. The van der Waals surface area contributed by atoms with Crippen molar-refractivity contribution in [3.8, 4) is 5.75 Å². The maximum absolute atomic E-state index is 11.4. The van der Waals surface area contributed by atoms with Crippen LogP contribution in [-0.2, 0) is 9.47 Å². The van der Waals surface area contributed by atoms with Gasteiger partial charge in [0.15, 0.2) is 0 Å². The number of nitrogens with one attached hydrogen (secondary N) is 1. The van der Waals surface area contributed by atoms with Crippen molar-refractivity contribution in [1.29, 1.82) is 0 Å². The molecular weight excluding hydrogens is 258 g/mol. The Hall–Kier alpha value is -1.75. The molecule has 0 spiro atoms. The van der Waals surface area contributed by atoms with E-state index < -0.39 is 6.09 Å². The molecule has 1 unspecified atom stereocenters. The van der Waals surface area contributed by atoms with Gasteiger partial charge >= 0.3 is 6.09 Å². The highest BCUT2D eigenvalue weighted by atomic mass is 16.6. The molecule has 1 aromatic carbocycles. The molecule has 1 fully saturated rings. The zero-order chi connectivity index (χ0) is 14.6. The molecule has 1 aromatic rings. The van der Waals surface area contributed by atoms with Crippen molar-refractivity contribution in [3.05, 3.63) is 24.3 Å². The molecule has 5 heteroatoms. The molecule has 1 aliphatic rings. The van der Waals surface area contributed by atoms with Gasteiger partial charge < -0.3 is 14.2 Å². The predicted molar refractivity (Wildman–Crippen MR) is 76.2 cm³/mol. The Morgan fingerprint density at radius 1 is 1.40 bits per heavy atom. The van der Waals surface area contributed by atoms with E-state index in [1.54, 1.807) is 12.1 Å². The van der Waals surface area contributed by atoms with Gasteiger partial charge in [0.05, 0.1) is 13.2 Å². The highest BCUT2D eigenvalue weighted by Crippen LogP contribution is 2.30. The third kappa shape index (κ3) is 4.13. The SMILES string of the molecule is CCCOC(=O)Nc1ccc(OC(C)(C)C2CO2)cc1. The monoisotopic (exact) mass is 279 g/mol. The highest BCUT2D eigenvalue weighted by Gasteiger charge is 2.41. The minimum Gasteiger partial charge on any atom is -0.485 e. The molecule has 1 heterocycles. The third-order valence-electron chi connectivity index (χ3n) is 3.03. The van der Waals surface area contributed by atoms with E-state index in [-0.39, 0.29) is 11.7 Å². The fraction of sp³-hybridized carbons (Fsp3) is 0.533. The van der Waals surface area contributed by atoms with Gasteiger partial charge in [0.2, 0.25) is 0 Å². The molecule has 1 atom stereocenters. The van der Waals surface area contributed by atoms with Gasteiger partial charge in [0.1, 0.15) is 17.5 Å². The second-order valence-corrected chi connectivity index (χ2v) is 5.31. The summed E-state index contributed by atoms with van der Waals surface area (Å²) in [6.07, 6.45) is 0.523. The number of carbonyl (C=O) groups excluding carboxylic acids is 1. The first-order valence-corrected chi connectivity index (χ1v) is 6.85. The van der Waals surface area contributed by atoms with E-state index in [4.69, 9.17) is 14.2 Å². The van der Waals surface area contributed by atoms with Gasteiger partial charge in [0.25, 0.3) is 0 Å². The normalized spacial score (nSPS) is 17.4. The highest BCUT2D eigenvalue weighted by molar-refractivity contribution is 5.84. The summed E-state index contributed by atoms with van der Waals surface area (Å²) in [6, 6.07) is 7.21. The minimum atomic E-state index is -0.438. The van der Waals surface area contributed by atoms with Gasteiger partial charge in [-0.05, 0) is 44.5 Å². The van der Waals surface area contributed by atoms with Crippen molar-refractivity contribution >= 4 is 11.8 Å². The predicted octanol–water partition coefficient (Wildman–Crippen LogP) is 3.20. The second-order valence-electron chi connectivity index (χ2n) is 5.31. The Balaban J connectivity index is 1.87. The number of carbonyl (C=O) groups is 1. The summed E-state index contributed by atoms with van der Waals surface area (Å²) < 4.78 is 16.1. The molecule has 1 N–H and O–H groups in total. The summed E-state index contributed by atoms with van der Waals surface area (Å²) in [6.45, 7) is 7.11. The molecule has 5 nitrogen and oxygen atoms in total. The van der Waals surface area contributed by atoms with E-state index in [2.05, 4.69) is 5.32 Å². The minimum absolute atomic E-state index is 0.157. The lowest BCUT2D eigenvalue weighted by Gasteiger charge is -2.24. The lowest BCUT2D eigenvalue weighted by Crippen LogP contribution is -2.34. The van der Waals surface area contributed by atoms with Crippen LogP contribution >= 0.6 is 0 Å². The van der Waals surface area contributed by atoms with E-state index in [0.717, 1.165) is 18.8 Å². The fourth-order valence-electron chi connectivity index (χ4n) is 1.77. The molecule has 0 aliphatic carbocycles. The number of anilines is 1. The van der Waals surface area contributed by atoms with Crippen LogP contribution in [0.3, 0.4) is 0 Å². The number of hydrogen-bond donors (Lipinski definition) is 1. The van der Waals surface area contributed by atoms with Gasteiger partial charge in [-0.1, -0.05) is 6.92 Å².